The topological polar surface area (TPSA) is 43.4 Å². The lowest BCUT2D eigenvalue weighted by Crippen LogP contribution is -2.23. The number of hydrogen-bond donors (Lipinski definition) is 0. The zero-order valence-electron chi connectivity index (χ0n) is 10.2. The van der Waals surface area contributed by atoms with Crippen molar-refractivity contribution in [1.29, 1.82) is 0 Å². The molecular formula is C13H16O3S. The fourth-order valence-electron chi connectivity index (χ4n) is 1.22. The molecule has 0 saturated heterocycles. The van der Waals surface area contributed by atoms with Crippen molar-refractivity contribution in [2.75, 3.05) is 12.9 Å². The molecule has 1 rings (SSSR count). The highest BCUT2D eigenvalue weighted by molar-refractivity contribution is 8.00. The van der Waals surface area contributed by atoms with Gasteiger partial charge in [-0.1, -0.05) is 17.7 Å². The van der Waals surface area contributed by atoms with Crippen molar-refractivity contribution in [2.45, 2.75) is 18.7 Å². The van der Waals surface area contributed by atoms with Gasteiger partial charge in [-0.05, 0) is 26.0 Å². The third-order valence-electron chi connectivity index (χ3n) is 2.44. The molecule has 17 heavy (non-hydrogen) atoms. The summed E-state index contributed by atoms with van der Waals surface area (Å²) >= 11 is 1.44. The number of ether oxygens (including phenoxy) is 1. The number of methoxy groups -OCH3 is 1. The molecule has 1 atom stereocenters. The van der Waals surface area contributed by atoms with Crippen molar-refractivity contribution >= 4 is 23.5 Å². The van der Waals surface area contributed by atoms with Crippen LogP contribution in [-0.4, -0.2) is 24.6 Å². The second-order valence-corrected chi connectivity index (χ2v) is 4.86. The minimum atomic E-state index is -0.682. The Balaban J connectivity index is 2.48. The van der Waals surface area contributed by atoms with Crippen molar-refractivity contribution in [1.82, 2.24) is 0 Å². The van der Waals surface area contributed by atoms with Crippen molar-refractivity contribution in [2.24, 2.45) is 5.92 Å². The highest BCUT2D eigenvalue weighted by atomic mass is 32.2. The average Bonchev–Trinajstić information content (AvgIpc) is 2.35. The van der Waals surface area contributed by atoms with Gasteiger partial charge in [-0.3, -0.25) is 9.59 Å². The first kappa shape index (κ1) is 13.8. The van der Waals surface area contributed by atoms with Gasteiger partial charge in [0.2, 0.25) is 0 Å². The maximum absolute atomic E-state index is 11.7. The normalized spacial score (nSPS) is 11.9. The predicted molar refractivity (Wildman–Crippen MR) is 68.1 cm³/mol. The molecule has 0 aromatic heterocycles. The largest absolute Gasteiger partial charge is 0.468 e. The molecule has 1 aromatic carbocycles. The Kier molecular flexibility index (Phi) is 5.22. The smallest absolute Gasteiger partial charge is 0.315 e. The molecule has 0 bridgehead atoms. The summed E-state index contributed by atoms with van der Waals surface area (Å²) in [7, 11) is 1.29. The summed E-state index contributed by atoms with van der Waals surface area (Å²) in [6, 6.07) is 7.93. The van der Waals surface area contributed by atoms with E-state index in [1.807, 2.05) is 31.2 Å². The lowest BCUT2D eigenvalue weighted by Gasteiger charge is -2.07. The van der Waals surface area contributed by atoms with Gasteiger partial charge >= 0.3 is 5.97 Å². The Morgan fingerprint density at radius 3 is 2.41 bits per heavy atom. The summed E-state index contributed by atoms with van der Waals surface area (Å²) in [5.41, 5.74) is 1.18. The molecule has 0 spiro atoms. The van der Waals surface area contributed by atoms with Crippen LogP contribution in [0.2, 0.25) is 0 Å². The average molecular weight is 252 g/mol. The van der Waals surface area contributed by atoms with Crippen LogP contribution in [0.1, 0.15) is 12.5 Å². The molecule has 0 radical (unpaired) electrons. The van der Waals surface area contributed by atoms with Gasteiger partial charge in [0.05, 0.1) is 12.9 Å². The summed E-state index contributed by atoms with van der Waals surface area (Å²) in [5, 5.41) is 0. The fraction of sp³-hybridized carbons (Fsp3) is 0.385. The molecular weight excluding hydrogens is 236 g/mol. The number of hydrogen-bond acceptors (Lipinski definition) is 4. The summed E-state index contributed by atoms with van der Waals surface area (Å²) in [4.78, 5) is 23.8. The van der Waals surface area contributed by atoms with E-state index >= 15 is 0 Å². The maximum Gasteiger partial charge on any atom is 0.315 e. The van der Waals surface area contributed by atoms with E-state index in [1.165, 1.54) is 24.4 Å². The second-order valence-electron chi connectivity index (χ2n) is 3.81. The minimum absolute atomic E-state index is 0.109. The SMILES string of the molecule is COC(=O)C(C)C(=O)CSc1ccc(C)cc1. The molecule has 4 heteroatoms. The van der Waals surface area contributed by atoms with Crippen LogP contribution in [0.3, 0.4) is 0 Å². The van der Waals surface area contributed by atoms with Crippen molar-refractivity contribution < 1.29 is 14.3 Å². The van der Waals surface area contributed by atoms with Crippen LogP contribution in [0.4, 0.5) is 0 Å². The Bertz CT molecular complexity index is 398. The van der Waals surface area contributed by atoms with Gasteiger partial charge < -0.3 is 4.74 Å². The molecule has 0 aliphatic rings. The highest BCUT2D eigenvalue weighted by Crippen LogP contribution is 2.19. The Morgan fingerprint density at radius 1 is 1.29 bits per heavy atom. The van der Waals surface area contributed by atoms with Crippen LogP contribution in [-0.2, 0) is 14.3 Å². The van der Waals surface area contributed by atoms with E-state index < -0.39 is 11.9 Å². The number of aryl methyl sites for hydroxylation is 1. The van der Waals surface area contributed by atoms with Crippen molar-refractivity contribution in [3.63, 3.8) is 0 Å². The molecule has 0 aliphatic carbocycles. The Hall–Kier alpha value is -1.29. The van der Waals surface area contributed by atoms with Crippen LogP contribution >= 0.6 is 11.8 Å². The lowest BCUT2D eigenvalue weighted by atomic mass is 10.1. The van der Waals surface area contributed by atoms with Gasteiger partial charge in [-0.15, -0.1) is 11.8 Å². The second kappa shape index (κ2) is 6.45. The maximum atomic E-state index is 11.7. The van der Waals surface area contributed by atoms with E-state index in [0.29, 0.717) is 5.75 Å². The quantitative estimate of drug-likeness (QED) is 0.459. The lowest BCUT2D eigenvalue weighted by molar-refractivity contribution is -0.147. The summed E-state index contributed by atoms with van der Waals surface area (Å²) in [5.74, 6) is -0.973. The zero-order chi connectivity index (χ0) is 12.8. The van der Waals surface area contributed by atoms with Gasteiger partial charge in [-0.2, -0.15) is 0 Å². The van der Waals surface area contributed by atoms with Crippen LogP contribution in [0.15, 0.2) is 29.2 Å². The number of ketones is 1. The molecule has 0 saturated carbocycles. The van der Waals surface area contributed by atoms with Gasteiger partial charge in [0.25, 0.3) is 0 Å². The van der Waals surface area contributed by atoms with E-state index in [1.54, 1.807) is 6.92 Å². The minimum Gasteiger partial charge on any atom is -0.468 e. The number of benzene rings is 1. The van der Waals surface area contributed by atoms with E-state index in [2.05, 4.69) is 4.74 Å². The molecule has 0 fully saturated rings. The predicted octanol–water partition coefficient (Wildman–Crippen LogP) is 2.47. The van der Waals surface area contributed by atoms with Gasteiger partial charge in [0.15, 0.2) is 5.78 Å². The fourth-order valence-corrected chi connectivity index (χ4v) is 2.11. The number of carbonyl (C=O) groups excluding carboxylic acids is 2. The third-order valence-corrected chi connectivity index (χ3v) is 3.47. The number of Topliss-reactive ketones (excluding diaryl/α,β-unsaturated/α-hetero) is 1. The highest BCUT2D eigenvalue weighted by Gasteiger charge is 2.21. The van der Waals surface area contributed by atoms with Gasteiger partial charge in [0.1, 0.15) is 5.92 Å². The van der Waals surface area contributed by atoms with Crippen LogP contribution in [0.5, 0.6) is 0 Å². The van der Waals surface area contributed by atoms with Gasteiger partial charge in [-0.25, -0.2) is 0 Å². The van der Waals surface area contributed by atoms with E-state index in [-0.39, 0.29) is 5.78 Å². The molecule has 0 N–H and O–H groups in total. The van der Waals surface area contributed by atoms with E-state index in [9.17, 15) is 9.59 Å². The van der Waals surface area contributed by atoms with E-state index in [0.717, 1.165) is 4.90 Å². The number of carbonyl (C=O) groups is 2. The first-order valence-corrected chi connectivity index (χ1v) is 6.33. The number of thioether (sulfide) groups is 1. The first-order chi connectivity index (χ1) is 8.04. The molecule has 0 aliphatic heterocycles. The molecule has 92 valence electrons. The standard InChI is InChI=1S/C13H16O3S/c1-9-4-6-11(7-5-9)17-8-12(14)10(2)13(15)16-3/h4-7,10H,8H2,1-3H3. The van der Waals surface area contributed by atoms with Crippen LogP contribution in [0.25, 0.3) is 0 Å². The van der Waals surface area contributed by atoms with E-state index in [4.69, 9.17) is 0 Å². The Morgan fingerprint density at radius 2 is 1.88 bits per heavy atom. The summed E-state index contributed by atoms with van der Waals surface area (Å²) in [6.07, 6.45) is 0. The van der Waals surface area contributed by atoms with Crippen LogP contribution < -0.4 is 0 Å². The molecule has 0 amide bonds. The molecule has 1 unspecified atom stereocenters. The van der Waals surface area contributed by atoms with Crippen molar-refractivity contribution in [3.05, 3.63) is 29.8 Å². The summed E-state index contributed by atoms with van der Waals surface area (Å²) in [6.45, 7) is 3.59. The van der Waals surface area contributed by atoms with Gasteiger partial charge in [0, 0.05) is 4.90 Å². The molecule has 1 aromatic rings. The Labute approximate surface area is 106 Å². The number of rotatable bonds is 5. The first-order valence-electron chi connectivity index (χ1n) is 5.34. The third kappa shape index (κ3) is 4.23. The zero-order valence-corrected chi connectivity index (χ0v) is 11.0. The summed E-state index contributed by atoms with van der Waals surface area (Å²) < 4.78 is 4.53. The van der Waals surface area contributed by atoms with Crippen molar-refractivity contribution in [3.8, 4) is 0 Å². The van der Waals surface area contributed by atoms with Crippen LogP contribution in [0, 0.1) is 12.8 Å². The number of esters is 1. The molecule has 3 nitrogen and oxygen atoms in total. The monoisotopic (exact) mass is 252 g/mol. The molecule has 0 heterocycles.